The molecule has 0 aliphatic rings. The highest BCUT2D eigenvalue weighted by Gasteiger charge is 2.31. The van der Waals surface area contributed by atoms with Gasteiger partial charge in [-0.3, -0.25) is 24.0 Å². The zero-order valence-corrected chi connectivity index (χ0v) is 19.2. The van der Waals surface area contributed by atoms with E-state index in [4.69, 9.17) is 22.3 Å². The minimum atomic E-state index is -1.56. The van der Waals surface area contributed by atoms with Crippen molar-refractivity contribution in [3.05, 3.63) is 29.8 Å². The molecule has 0 aliphatic carbocycles. The molecule has 36 heavy (non-hydrogen) atoms. The van der Waals surface area contributed by atoms with Crippen LogP contribution in [-0.4, -0.2) is 81.6 Å². The third-order valence-electron chi connectivity index (χ3n) is 4.87. The molecule has 4 atom stereocenters. The maximum absolute atomic E-state index is 12.9. The van der Waals surface area contributed by atoms with Gasteiger partial charge >= 0.3 is 5.97 Å². The normalized spacial score (nSPS) is 13.9. The number of hydrogen-bond acceptors (Lipinski definition) is 9. The number of benzene rings is 1. The third kappa shape index (κ3) is 10.4. The van der Waals surface area contributed by atoms with Crippen LogP contribution in [-0.2, 0) is 35.2 Å². The van der Waals surface area contributed by atoms with E-state index in [-0.39, 0.29) is 25.0 Å². The minimum absolute atomic E-state index is 0.0642. The van der Waals surface area contributed by atoms with E-state index in [1.165, 1.54) is 24.3 Å². The topological polar surface area (TPSA) is 277 Å². The number of carbonyl (C=O) groups excluding carboxylic acids is 5. The molecular formula is C21H30N6O9. The second kappa shape index (κ2) is 14.2. The van der Waals surface area contributed by atoms with E-state index in [9.17, 15) is 39.0 Å². The molecule has 12 N–H and O–H groups in total. The lowest BCUT2D eigenvalue weighted by molar-refractivity contribution is -0.142. The summed E-state index contributed by atoms with van der Waals surface area (Å²) in [4.78, 5) is 71.8. The summed E-state index contributed by atoms with van der Waals surface area (Å²) in [6, 6.07) is -0.335. The largest absolute Gasteiger partial charge is 0.508 e. The lowest BCUT2D eigenvalue weighted by atomic mass is 10.0. The average Bonchev–Trinajstić information content (AvgIpc) is 2.80. The van der Waals surface area contributed by atoms with Crippen LogP contribution in [0.1, 0.15) is 24.8 Å². The maximum Gasteiger partial charge on any atom is 0.326 e. The van der Waals surface area contributed by atoms with Gasteiger partial charge in [-0.2, -0.15) is 0 Å². The minimum Gasteiger partial charge on any atom is -0.508 e. The maximum atomic E-state index is 12.9. The van der Waals surface area contributed by atoms with Gasteiger partial charge in [-0.25, -0.2) is 4.79 Å². The van der Waals surface area contributed by atoms with Crippen molar-refractivity contribution in [1.29, 1.82) is 0 Å². The van der Waals surface area contributed by atoms with E-state index >= 15 is 0 Å². The Morgan fingerprint density at radius 1 is 0.806 bits per heavy atom. The van der Waals surface area contributed by atoms with E-state index in [1.807, 2.05) is 0 Å². The Balaban J connectivity index is 3.16. The number of phenolic OH excluding ortho intramolecular Hbond substituents is 1. The molecule has 0 saturated carbocycles. The standard InChI is InChI=1S/C21H30N6O9/c22-12(9-28)18(32)26-15(8-17(24)31)20(34)27-14(7-10-1-3-11(29)4-2-10)19(33)25-13(21(35)36)5-6-16(23)30/h1-4,12-15,28-29H,5-9,22H2,(H2,23,30)(H2,24,31)(H,25,33)(H,26,32)(H,27,34)(H,35,36). The number of phenols is 1. The molecule has 15 nitrogen and oxygen atoms in total. The van der Waals surface area contributed by atoms with Crippen LogP contribution in [0.25, 0.3) is 0 Å². The molecule has 1 aromatic rings. The van der Waals surface area contributed by atoms with Gasteiger partial charge in [-0.1, -0.05) is 12.1 Å². The van der Waals surface area contributed by atoms with Gasteiger partial charge in [0.15, 0.2) is 0 Å². The second-order valence-corrected chi connectivity index (χ2v) is 7.86. The number of aliphatic carboxylic acids is 1. The SMILES string of the molecule is NC(=O)CCC(NC(=O)C(Cc1ccc(O)cc1)NC(=O)C(CC(N)=O)NC(=O)C(N)CO)C(=O)O. The molecule has 4 unspecified atom stereocenters. The first kappa shape index (κ1) is 29.8. The van der Waals surface area contributed by atoms with Crippen molar-refractivity contribution in [1.82, 2.24) is 16.0 Å². The van der Waals surface area contributed by atoms with Crippen LogP contribution >= 0.6 is 0 Å². The fourth-order valence-corrected chi connectivity index (χ4v) is 2.94. The van der Waals surface area contributed by atoms with Crippen LogP contribution in [0, 0.1) is 0 Å². The van der Waals surface area contributed by atoms with Crippen LogP contribution in [0.15, 0.2) is 24.3 Å². The summed E-state index contributed by atoms with van der Waals surface area (Å²) in [5, 5.41) is 34.6. The molecule has 198 valence electrons. The molecule has 5 amide bonds. The number of nitrogens with one attached hydrogen (secondary N) is 3. The summed E-state index contributed by atoms with van der Waals surface area (Å²) in [5.74, 6) is -6.20. The highest BCUT2D eigenvalue weighted by atomic mass is 16.4. The van der Waals surface area contributed by atoms with Crippen LogP contribution < -0.4 is 33.2 Å². The third-order valence-corrected chi connectivity index (χ3v) is 4.87. The molecule has 0 heterocycles. The number of rotatable bonds is 15. The number of carbonyl (C=O) groups is 6. The monoisotopic (exact) mass is 510 g/mol. The molecule has 0 saturated heterocycles. The number of carboxylic acids is 1. The predicted molar refractivity (Wildman–Crippen MR) is 123 cm³/mol. The summed E-state index contributed by atoms with van der Waals surface area (Å²) < 4.78 is 0. The molecule has 0 bridgehead atoms. The first-order chi connectivity index (χ1) is 16.8. The van der Waals surface area contributed by atoms with E-state index in [2.05, 4.69) is 16.0 Å². The lowest BCUT2D eigenvalue weighted by Gasteiger charge is -2.24. The zero-order valence-electron chi connectivity index (χ0n) is 19.2. The van der Waals surface area contributed by atoms with E-state index in [0.29, 0.717) is 5.56 Å². The summed E-state index contributed by atoms with van der Waals surface area (Å²) in [6.45, 7) is -0.746. The summed E-state index contributed by atoms with van der Waals surface area (Å²) >= 11 is 0. The Labute approximate surface area is 205 Å². The van der Waals surface area contributed by atoms with E-state index in [1.54, 1.807) is 0 Å². The first-order valence-electron chi connectivity index (χ1n) is 10.7. The van der Waals surface area contributed by atoms with Crippen LogP contribution in [0.4, 0.5) is 0 Å². The number of nitrogens with two attached hydrogens (primary N) is 3. The average molecular weight is 511 g/mol. The summed E-state index contributed by atoms with van der Waals surface area (Å²) in [6.07, 6.45) is -1.49. The Kier molecular flexibility index (Phi) is 11.8. The number of aliphatic hydroxyl groups excluding tert-OH is 1. The van der Waals surface area contributed by atoms with Crippen molar-refractivity contribution < 1.29 is 44.1 Å². The van der Waals surface area contributed by atoms with Crippen molar-refractivity contribution in [2.24, 2.45) is 17.2 Å². The van der Waals surface area contributed by atoms with Gasteiger partial charge in [0.2, 0.25) is 29.5 Å². The number of aliphatic hydroxyl groups is 1. The molecule has 0 aromatic heterocycles. The Morgan fingerprint density at radius 2 is 1.33 bits per heavy atom. The van der Waals surface area contributed by atoms with Crippen molar-refractivity contribution in [2.45, 2.75) is 49.9 Å². The van der Waals surface area contributed by atoms with Crippen LogP contribution in [0.5, 0.6) is 5.75 Å². The first-order valence-corrected chi connectivity index (χ1v) is 10.7. The Bertz CT molecular complexity index is 969. The fourth-order valence-electron chi connectivity index (χ4n) is 2.94. The van der Waals surface area contributed by atoms with Gasteiger partial charge in [-0.05, 0) is 24.1 Å². The highest BCUT2D eigenvalue weighted by molar-refractivity contribution is 5.96. The van der Waals surface area contributed by atoms with Gasteiger partial charge in [0.25, 0.3) is 0 Å². The summed E-state index contributed by atoms with van der Waals surface area (Å²) in [7, 11) is 0. The van der Waals surface area contributed by atoms with Gasteiger partial charge < -0.3 is 48.5 Å². The second-order valence-electron chi connectivity index (χ2n) is 7.86. The van der Waals surface area contributed by atoms with E-state index < -0.39 is 72.7 Å². The summed E-state index contributed by atoms with van der Waals surface area (Å²) in [5.41, 5.74) is 16.0. The van der Waals surface area contributed by atoms with Crippen LogP contribution in [0.2, 0.25) is 0 Å². The molecule has 15 heteroatoms. The molecule has 1 rings (SSSR count). The van der Waals surface area contributed by atoms with Crippen LogP contribution in [0.3, 0.4) is 0 Å². The molecule has 1 aromatic carbocycles. The molecular weight excluding hydrogens is 480 g/mol. The number of amides is 5. The number of aromatic hydroxyl groups is 1. The number of primary amides is 2. The Hall–Kier alpha value is -4.24. The zero-order chi connectivity index (χ0) is 27.4. The fraction of sp³-hybridized carbons (Fsp3) is 0.429. The Morgan fingerprint density at radius 3 is 1.83 bits per heavy atom. The van der Waals surface area contributed by atoms with Gasteiger partial charge in [-0.15, -0.1) is 0 Å². The molecule has 0 fully saturated rings. The smallest absolute Gasteiger partial charge is 0.326 e. The van der Waals surface area contributed by atoms with Gasteiger partial charge in [0.05, 0.1) is 13.0 Å². The molecule has 0 spiro atoms. The van der Waals surface area contributed by atoms with E-state index in [0.717, 1.165) is 0 Å². The quantitative estimate of drug-likeness (QED) is 0.110. The van der Waals surface area contributed by atoms with Crippen molar-refractivity contribution in [3.63, 3.8) is 0 Å². The van der Waals surface area contributed by atoms with Crippen molar-refractivity contribution in [3.8, 4) is 5.75 Å². The molecule has 0 aliphatic heterocycles. The van der Waals surface area contributed by atoms with Gasteiger partial charge in [0, 0.05) is 12.8 Å². The number of carboxylic acid groups (broad SMARTS) is 1. The number of hydrogen-bond donors (Lipinski definition) is 9. The lowest BCUT2D eigenvalue weighted by Crippen LogP contribution is -2.58. The predicted octanol–water partition coefficient (Wildman–Crippen LogP) is -4.07. The highest BCUT2D eigenvalue weighted by Crippen LogP contribution is 2.12. The van der Waals surface area contributed by atoms with Crippen molar-refractivity contribution >= 4 is 35.5 Å². The molecule has 0 radical (unpaired) electrons. The van der Waals surface area contributed by atoms with Crippen molar-refractivity contribution in [2.75, 3.05) is 6.61 Å². The van der Waals surface area contributed by atoms with Gasteiger partial charge in [0.1, 0.15) is 29.9 Å².